The predicted octanol–water partition coefficient (Wildman–Crippen LogP) is 2.39. The molecule has 100 valence electrons. The second kappa shape index (κ2) is 5.14. The minimum atomic E-state index is -4.05. The van der Waals surface area contributed by atoms with Crippen molar-refractivity contribution in [3.8, 4) is 0 Å². The molecule has 0 aromatic heterocycles. The topological polar surface area (TPSA) is 29.3 Å². The van der Waals surface area contributed by atoms with E-state index in [9.17, 15) is 13.2 Å². The van der Waals surface area contributed by atoms with Gasteiger partial charge in [0.2, 0.25) is 0 Å². The molecule has 17 heavy (non-hydrogen) atoms. The number of nitrogens with two attached hydrogens (primary N) is 1. The van der Waals surface area contributed by atoms with Crippen molar-refractivity contribution in [2.45, 2.75) is 44.3 Å². The van der Waals surface area contributed by atoms with E-state index in [0.717, 1.165) is 13.1 Å². The van der Waals surface area contributed by atoms with E-state index in [4.69, 9.17) is 5.73 Å². The highest BCUT2D eigenvalue weighted by Gasteiger charge is 2.36. The van der Waals surface area contributed by atoms with Gasteiger partial charge in [0.05, 0.1) is 0 Å². The van der Waals surface area contributed by atoms with E-state index in [1.165, 1.54) is 19.3 Å². The highest BCUT2D eigenvalue weighted by molar-refractivity contribution is 4.85. The number of rotatable bonds is 3. The zero-order valence-corrected chi connectivity index (χ0v) is 10.0. The molecule has 2 rings (SSSR count). The van der Waals surface area contributed by atoms with Gasteiger partial charge < -0.3 is 10.6 Å². The Hall–Kier alpha value is -0.290. The SMILES string of the molecule is NC1CC(CC(F)(F)F)CN(CC2CCC2)C1. The minimum absolute atomic E-state index is 0.0869. The van der Waals surface area contributed by atoms with Crippen LogP contribution in [0, 0.1) is 11.8 Å². The van der Waals surface area contributed by atoms with Crippen LogP contribution >= 0.6 is 0 Å². The Morgan fingerprint density at radius 3 is 2.35 bits per heavy atom. The summed E-state index contributed by atoms with van der Waals surface area (Å²) in [5, 5.41) is 0. The van der Waals surface area contributed by atoms with Crippen LogP contribution in [0.3, 0.4) is 0 Å². The van der Waals surface area contributed by atoms with Crippen molar-refractivity contribution in [1.29, 1.82) is 0 Å². The molecule has 0 aromatic carbocycles. The van der Waals surface area contributed by atoms with Gasteiger partial charge in [-0.2, -0.15) is 13.2 Å². The lowest BCUT2D eigenvalue weighted by atomic mass is 9.83. The molecule has 2 N–H and O–H groups in total. The van der Waals surface area contributed by atoms with Gasteiger partial charge in [-0.15, -0.1) is 0 Å². The number of halogens is 3. The molecule has 1 saturated heterocycles. The van der Waals surface area contributed by atoms with E-state index in [0.29, 0.717) is 18.9 Å². The smallest absolute Gasteiger partial charge is 0.327 e. The molecule has 2 fully saturated rings. The fourth-order valence-corrected chi connectivity index (χ4v) is 3.01. The molecule has 2 unspecified atom stereocenters. The average molecular weight is 250 g/mol. The van der Waals surface area contributed by atoms with Gasteiger partial charge in [-0.3, -0.25) is 0 Å². The van der Waals surface area contributed by atoms with E-state index in [-0.39, 0.29) is 12.0 Å². The van der Waals surface area contributed by atoms with Crippen LogP contribution < -0.4 is 5.73 Å². The van der Waals surface area contributed by atoms with E-state index in [2.05, 4.69) is 4.90 Å². The summed E-state index contributed by atoms with van der Waals surface area (Å²) in [6, 6.07) is -0.0869. The van der Waals surface area contributed by atoms with Gasteiger partial charge in [-0.25, -0.2) is 0 Å². The summed E-state index contributed by atoms with van der Waals surface area (Å²) < 4.78 is 37.1. The highest BCUT2D eigenvalue weighted by Crippen LogP contribution is 2.32. The lowest BCUT2D eigenvalue weighted by Gasteiger charge is -2.40. The molecule has 1 aliphatic carbocycles. The number of hydrogen-bond donors (Lipinski definition) is 1. The van der Waals surface area contributed by atoms with Crippen LogP contribution in [0.4, 0.5) is 13.2 Å². The molecule has 1 saturated carbocycles. The van der Waals surface area contributed by atoms with Gasteiger partial charge in [0, 0.05) is 32.1 Å². The lowest BCUT2D eigenvalue weighted by molar-refractivity contribution is -0.148. The molecule has 2 aliphatic rings. The monoisotopic (exact) mass is 250 g/mol. The quantitative estimate of drug-likeness (QED) is 0.833. The average Bonchev–Trinajstić information content (AvgIpc) is 2.07. The summed E-state index contributed by atoms with van der Waals surface area (Å²) in [7, 11) is 0. The van der Waals surface area contributed by atoms with Gasteiger partial charge in [-0.05, 0) is 31.1 Å². The molecule has 2 nitrogen and oxygen atoms in total. The molecular weight excluding hydrogens is 229 g/mol. The summed E-state index contributed by atoms with van der Waals surface area (Å²) in [6.07, 6.45) is -0.478. The van der Waals surface area contributed by atoms with Crippen molar-refractivity contribution < 1.29 is 13.2 Å². The fourth-order valence-electron chi connectivity index (χ4n) is 3.01. The van der Waals surface area contributed by atoms with E-state index < -0.39 is 12.6 Å². The molecule has 2 atom stereocenters. The van der Waals surface area contributed by atoms with Gasteiger partial charge in [0.25, 0.3) is 0 Å². The van der Waals surface area contributed by atoms with E-state index >= 15 is 0 Å². The third-order valence-electron chi connectivity index (χ3n) is 3.91. The standard InChI is InChI=1S/C12H21F3N2/c13-12(14,15)5-10-4-11(16)8-17(7-10)6-9-2-1-3-9/h9-11H,1-8,16H2. The number of hydrogen-bond acceptors (Lipinski definition) is 2. The number of nitrogens with zero attached hydrogens (tertiary/aromatic N) is 1. The van der Waals surface area contributed by atoms with Gasteiger partial charge in [-0.1, -0.05) is 6.42 Å². The minimum Gasteiger partial charge on any atom is -0.327 e. The zero-order chi connectivity index (χ0) is 12.5. The number of alkyl halides is 3. The van der Waals surface area contributed by atoms with Crippen LogP contribution in [0.5, 0.6) is 0 Å². The first-order valence-corrected chi connectivity index (χ1v) is 6.47. The van der Waals surface area contributed by atoms with Crippen LogP contribution in [-0.2, 0) is 0 Å². The van der Waals surface area contributed by atoms with Crippen molar-refractivity contribution in [2.75, 3.05) is 19.6 Å². The van der Waals surface area contributed by atoms with Crippen molar-refractivity contribution in [2.24, 2.45) is 17.6 Å². The van der Waals surface area contributed by atoms with Crippen LogP contribution in [0.25, 0.3) is 0 Å². The Bertz CT molecular complexity index is 251. The van der Waals surface area contributed by atoms with Crippen LogP contribution in [0.1, 0.15) is 32.1 Å². The predicted molar refractivity (Wildman–Crippen MR) is 60.5 cm³/mol. The summed E-state index contributed by atoms with van der Waals surface area (Å²) in [5.74, 6) is 0.394. The molecule has 0 amide bonds. The molecule has 5 heteroatoms. The van der Waals surface area contributed by atoms with Crippen molar-refractivity contribution in [3.63, 3.8) is 0 Å². The van der Waals surface area contributed by atoms with Crippen molar-refractivity contribution >= 4 is 0 Å². The van der Waals surface area contributed by atoms with Crippen LogP contribution in [0.2, 0.25) is 0 Å². The summed E-state index contributed by atoms with van der Waals surface area (Å²) in [5.41, 5.74) is 5.86. The largest absolute Gasteiger partial charge is 0.389 e. The molecule has 0 bridgehead atoms. The van der Waals surface area contributed by atoms with Gasteiger partial charge in [0.1, 0.15) is 0 Å². The first-order valence-electron chi connectivity index (χ1n) is 6.47. The molecule has 1 aliphatic heterocycles. The van der Waals surface area contributed by atoms with Crippen LogP contribution in [-0.4, -0.2) is 36.8 Å². The summed E-state index contributed by atoms with van der Waals surface area (Å²) in [4.78, 5) is 2.15. The third-order valence-corrected chi connectivity index (χ3v) is 3.91. The Balaban J connectivity index is 1.82. The van der Waals surface area contributed by atoms with Gasteiger partial charge >= 0.3 is 6.18 Å². The second-order valence-corrected chi connectivity index (χ2v) is 5.70. The lowest BCUT2D eigenvalue weighted by Crippen LogP contribution is -2.49. The maximum atomic E-state index is 12.4. The Morgan fingerprint density at radius 2 is 1.82 bits per heavy atom. The van der Waals surface area contributed by atoms with E-state index in [1.54, 1.807) is 0 Å². The molecule has 1 heterocycles. The van der Waals surface area contributed by atoms with Crippen LogP contribution in [0.15, 0.2) is 0 Å². The zero-order valence-electron chi connectivity index (χ0n) is 10.0. The molecule has 0 spiro atoms. The molecular formula is C12H21F3N2. The Kier molecular flexibility index (Phi) is 3.98. The van der Waals surface area contributed by atoms with Gasteiger partial charge in [0.15, 0.2) is 0 Å². The van der Waals surface area contributed by atoms with E-state index in [1.807, 2.05) is 0 Å². The highest BCUT2D eigenvalue weighted by atomic mass is 19.4. The number of likely N-dealkylation sites (tertiary alicyclic amines) is 1. The third kappa shape index (κ3) is 4.14. The molecule has 0 aromatic rings. The Morgan fingerprint density at radius 1 is 1.12 bits per heavy atom. The summed E-state index contributed by atoms with van der Waals surface area (Å²) >= 11 is 0. The maximum Gasteiger partial charge on any atom is 0.389 e. The summed E-state index contributed by atoms with van der Waals surface area (Å²) in [6.45, 7) is 2.29. The second-order valence-electron chi connectivity index (χ2n) is 5.70. The number of piperidine rings is 1. The Labute approximate surface area is 100 Å². The fraction of sp³-hybridized carbons (Fsp3) is 1.00. The van der Waals surface area contributed by atoms with Crippen molar-refractivity contribution in [1.82, 2.24) is 4.90 Å². The first-order chi connectivity index (χ1) is 7.92. The maximum absolute atomic E-state index is 12.4. The van der Waals surface area contributed by atoms with Crippen molar-refractivity contribution in [3.05, 3.63) is 0 Å². The molecule has 0 radical (unpaired) electrons. The first kappa shape index (κ1) is 13.1. The normalized spacial score (nSPS) is 32.5.